The molecule has 144 valence electrons. The van der Waals surface area contributed by atoms with E-state index in [9.17, 15) is 4.79 Å². The number of hydrogen-bond acceptors (Lipinski definition) is 5. The minimum absolute atomic E-state index is 0.228. The molecule has 30 heavy (non-hydrogen) atoms. The van der Waals surface area contributed by atoms with E-state index in [0.717, 1.165) is 11.3 Å². The second kappa shape index (κ2) is 8.67. The van der Waals surface area contributed by atoms with Gasteiger partial charge in [0.1, 0.15) is 11.5 Å². The lowest BCUT2D eigenvalue weighted by Gasteiger charge is -2.11. The lowest BCUT2D eigenvalue weighted by atomic mass is 10.2. The van der Waals surface area contributed by atoms with Crippen molar-refractivity contribution in [1.82, 2.24) is 9.97 Å². The lowest BCUT2D eigenvalue weighted by Crippen LogP contribution is -2.15. The molecule has 1 heterocycles. The van der Waals surface area contributed by atoms with Gasteiger partial charge in [0.25, 0.3) is 5.91 Å². The monoisotopic (exact) mass is 391 g/mol. The Morgan fingerprint density at radius 1 is 0.800 bits per heavy atom. The molecule has 0 aliphatic carbocycles. The van der Waals surface area contributed by atoms with Crippen LogP contribution in [-0.4, -0.2) is 15.9 Å². The molecule has 0 fully saturated rings. The van der Waals surface area contributed by atoms with Gasteiger partial charge in [-0.3, -0.25) is 4.79 Å². The Morgan fingerprint density at radius 3 is 2.13 bits per heavy atom. The van der Waals surface area contributed by atoms with Gasteiger partial charge in [-0.05, 0) is 36.4 Å². The number of carbonyl (C=O) groups is 1. The van der Waals surface area contributed by atoms with Crippen LogP contribution in [0.25, 0.3) is 11.4 Å². The molecule has 2 N–H and O–H groups in total. The van der Waals surface area contributed by atoms with E-state index in [2.05, 4.69) is 26.7 Å². The van der Waals surface area contributed by atoms with Gasteiger partial charge in [-0.15, -0.1) is 0 Å². The minimum atomic E-state index is -0.365. The smallest absolute Gasteiger partial charge is 0.274 e. The highest BCUT2D eigenvalue weighted by Gasteiger charge is 2.14. The minimum Gasteiger partial charge on any atom is -0.340 e. The number of aromatic nitrogens is 2. The van der Waals surface area contributed by atoms with Crippen molar-refractivity contribution in [1.29, 1.82) is 5.26 Å². The van der Waals surface area contributed by atoms with Gasteiger partial charge in [0.15, 0.2) is 5.82 Å². The average molecular weight is 391 g/mol. The first kappa shape index (κ1) is 18.8. The largest absolute Gasteiger partial charge is 0.340 e. The molecular formula is C24H17N5O. The van der Waals surface area contributed by atoms with E-state index in [1.807, 2.05) is 60.7 Å². The maximum absolute atomic E-state index is 12.9. The van der Waals surface area contributed by atoms with E-state index >= 15 is 0 Å². The molecule has 4 aromatic rings. The highest BCUT2D eigenvalue weighted by Crippen LogP contribution is 2.21. The number of amides is 1. The first-order valence-corrected chi connectivity index (χ1v) is 9.29. The summed E-state index contributed by atoms with van der Waals surface area (Å²) in [5.41, 5.74) is 2.99. The first-order valence-electron chi connectivity index (χ1n) is 9.29. The van der Waals surface area contributed by atoms with Gasteiger partial charge in [0.2, 0.25) is 0 Å². The predicted octanol–water partition coefficient (Wildman–Crippen LogP) is 5.01. The third-order valence-electron chi connectivity index (χ3n) is 4.31. The van der Waals surface area contributed by atoms with Crippen LogP contribution in [0.15, 0.2) is 91.0 Å². The van der Waals surface area contributed by atoms with Crippen LogP contribution in [0.2, 0.25) is 0 Å². The lowest BCUT2D eigenvalue weighted by molar-refractivity contribution is 0.102. The molecule has 6 heteroatoms. The van der Waals surface area contributed by atoms with Crippen molar-refractivity contribution in [3.05, 3.63) is 102 Å². The van der Waals surface area contributed by atoms with Crippen LogP contribution in [0.5, 0.6) is 0 Å². The second-order valence-electron chi connectivity index (χ2n) is 6.46. The highest BCUT2D eigenvalue weighted by atomic mass is 16.1. The molecule has 0 unspecified atom stereocenters. The van der Waals surface area contributed by atoms with Gasteiger partial charge in [-0.1, -0.05) is 48.5 Å². The van der Waals surface area contributed by atoms with Gasteiger partial charge in [-0.2, -0.15) is 5.26 Å². The molecule has 1 aromatic heterocycles. The average Bonchev–Trinajstić information content (AvgIpc) is 2.80. The first-order chi connectivity index (χ1) is 14.7. The molecular weight excluding hydrogens is 374 g/mol. The zero-order valence-corrected chi connectivity index (χ0v) is 15.9. The van der Waals surface area contributed by atoms with Crippen LogP contribution in [0.3, 0.4) is 0 Å². The number of hydrogen-bond donors (Lipinski definition) is 2. The quantitative estimate of drug-likeness (QED) is 0.499. The third-order valence-corrected chi connectivity index (χ3v) is 4.31. The van der Waals surface area contributed by atoms with Crippen LogP contribution in [0.4, 0.5) is 17.2 Å². The van der Waals surface area contributed by atoms with E-state index in [-0.39, 0.29) is 11.6 Å². The normalized spacial score (nSPS) is 10.1. The van der Waals surface area contributed by atoms with E-state index in [1.54, 1.807) is 30.3 Å². The fraction of sp³-hybridized carbons (Fsp3) is 0. The van der Waals surface area contributed by atoms with Crippen molar-refractivity contribution in [3.8, 4) is 17.5 Å². The Hall–Kier alpha value is -4.50. The number of anilines is 3. The summed E-state index contributed by atoms with van der Waals surface area (Å²) in [6.45, 7) is 0. The number of benzene rings is 3. The Labute approximate surface area is 173 Å². The van der Waals surface area contributed by atoms with Gasteiger partial charge >= 0.3 is 0 Å². The Balaban J connectivity index is 1.67. The van der Waals surface area contributed by atoms with Crippen molar-refractivity contribution < 1.29 is 4.79 Å². The van der Waals surface area contributed by atoms with Crippen LogP contribution >= 0.6 is 0 Å². The predicted molar refractivity (Wildman–Crippen MR) is 116 cm³/mol. The third kappa shape index (κ3) is 4.49. The van der Waals surface area contributed by atoms with Crippen molar-refractivity contribution in [3.63, 3.8) is 0 Å². The maximum atomic E-state index is 12.9. The Bertz CT molecular complexity index is 1200. The van der Waals surface area contributed by atoms with Crippen LogP contribution in [0.1, 0.15) is 16.1 Å². The van der Waals surface area contributed by atoms with E-state index in [4.69, 9.17) is 5.26 Å². The molecule has 0 radical (unpaired) electrons. The van der Waals surface area contributed by atoms with Gasteiger partial charge in [0.05, 0.1) is 11.6 Å². The van der Waals surface area contributed by atoms with Gasteiger partial charge < -0.3 is 10.6 Å². The van der Waals surface area contributed by atoms with Crippen LogP contribution in [0, 0.1) is 11.3 Å². The molecule has 1 amide bonds. The molecule has 0 saturated carbocycles. The van der Waals surface area contributed by atoms with Gasteiger partial charge in [0, 0.05) is 23.0 Å². The van der Waals surface area contributed by atoms with Gasteiger partial charge in [-0.25, -0.2) is 9.97 Å². The Kier molecular flexibility index (Phi) is 5.45. The number of rotatable bonds is 5. The van der Waals surface area contributed by atoms with E-state index in [1.165, 1.54) is 0 Å². The molecule has 0 spiro atoms. The summed E-state index contributed by atoms with van der Waals surface area (Å²) in [7, 11) is 0. The van der Waals surface area contributed by atoms with E-state index in [0.29, 0.717) is 22.9 Å². The molecule has 0 bridgehead atoms. The van der Waals surface area contributed by atoms with Crippen LogP contribution < -0.4 is 10.6 Å². The number of carbonyl (C=O) groups excluding carboxylic acids is 1. The summed E-state index contributed by atoms with van der Waals surface area (Å²) in [5, 5.41) is 15.0. The molecule has 3 aromatic carbocycles. The number of nitrogens with zero attached hydrogens (tertiary/aromatic N) is 3. The van der Waals surface area contributed by atoms with Crippen molar-refractivity contribution in [2.75, 3.05) is 10.6 Å². The zero-order chi connectivity index (χ0) is 20.8. The number of para-hydroxylation sites is 1. The maximum Gasteiger partial charge on any atom is 0.274 e. The molecule has 0 aliphatic heterocycles. The molecule has 0 aliphatic rings. The fourth-order valence-corrected chi connectivity index (χ4v) is 2.84. The summed E-state index contributed by atoms with van der Waals surface area (Å²) in [6, 6.07) is 29.4. The molecule has 0 saturated heterocycles. The number of nitrogens with one attached hydrogen (secondary N) is 2. The summed E-state index contributed by atoms with van der Waals surface area (Å²) in [5.74, 6) is 0.594. The zero-order valence-electron chi connectivity index (χ0n) is 15.9. The SMILES string of the molecule is N#Cc1ccc(NC(=O)c2cc(Nc3ccccc3)nc(-c3ccccc3)n2)cc1. The van der Waals surface area contributed by atoms with Crippen molar-refractivity contribution in [2.45, 2.75) is 0 Å². The Morgan fingerprint density at radius 2 is 1.47 bits per heavy atom. The van der Waals surface area contributed by atoms with Crippen LogP contribution in [-0.2, 0) is 0 Å². The summed E-state index contributed by atoms with van der Waals surface area (Å²) >= 11 is 0. The van der Waals surface area contributed by atoms with Crippen molar-refractivity contribution >= 4 is 23.1 Å². The summed E-state index contributed by atoms with van der Waals surface area (Å²) in [6.07, 6.45) is 0. The van der Waals surface area contributed by atoms with E-state index < -0.39 is 0 Å². The molecule has 6 nitrogen and oxygen atoms in total. The highest BCUT2D eigenvalue weighted by molar-refractivity contribution is 6.03. The topological polar surface area (TPSA) is 90.7 Å². The van der Waals surface area contributed by atoms with Crippen molar-refractivity contribution in [2.24, 2.45) is 0 Å². The summed E-state index contributed by atoms with van der Waals surface area (Å²) < 4.78 is 0. The molecule has 0 atom stereocenters. The summed E-state index contributed by atoms with van der Waals surface area (Å²) in [4.78, 5) is 21.9. The standard InChI is InChI=1S/C24H17N5O/c25-16-17-11-13-20(14-12-17)27-24(30)21-15-22(26-19-9-5-2-6-10-19)29-23(28-21)18-7-3-1-4-8-18/h1-15H,(H,27,30)(H,26,28,29). The fourth-order valence-electron chi connectivity index (χ4n) is 2.84. The number of nitriles is 1. The second-order valence-corrected chi connectivity index (χ2v) is 6.46. The molecule has 4 rings (SSSR count).